The second-order valence-corrected chi connectivity index (χ2v) is 5.78. The Morgan fingerprint density at radius 2 is 2.05 bits per heavy atom. The molecule has 0 aliphatic heterocycles. The quantitative estimate of drug-likeness (QED) is 0.489. The zero-order valence-corrected chi connectivity index (χ0v) is 14.0. The lowest BCUT2D eigenvalue weighted by atomic mass is 9.95. The van der Waals surface area contributed by atoms with Crippen molar-refractivity contribution in [1.29, 1.82) is 0 Å². The fraction of sp³-hybridized carbons (Fsp3) is 0.533. The molecule has 3 rings (SSSR count). The summed E-state index contributed by atoms with van der Waals surface area (Å²) in [4.78, 5) is 6.53. The first-order valence-corrected chi connectivity index (χ1v) is 6.90. The van der Waals surface area contributed by atoms with Gasteiger partial charge in [-0.2, -0.15) is 0 Å². The van der Waals surface area contributed by atoms with Gasteiger partial charge in [0.2, 0.25) is 0 Å². The van der Waals surface area contributed by atoms with E-state index in [2.05, 4.69) is 4.99 Å². The average Bonchev–Trinajstić information content (AvgIpc) is 3.28. The van der Waals surface area contributed by atoms with Gasteiger partial charge in [-0.3, -0.25) is 4.99 Å². The molecule has 5 heteroatoms. The largest absolute Gasteiger partial charge is 0.370 e. The standard InChI is InChI=1S/C15H20FN3.HI/c1-19(11-6-7-11)14(17)18-10-15(8-9-15)12-4-2-3-5-13(12)16;/h2-5,11H,6-10H2,1H3,(H2,17,18);1H. The van der Waals surface area contributed by atoms with Crippen molar-refractivity contribution >= 4 is 29.9 Å². The van der Waals surface area contributed by atoms with Crippen LogP contribution in [-0.2, 0) is 5.41 Å². The minimum absolute atomic E-state index is 0. The number of guanidine groups is 1. The Morgan fingerprint density at radius 1 is 1.40 bits per heavy atom. The molecule has 2 fully saturated rings. The van der Waals surface area contributed by atoms with Gasteiger partial charge < -0.3 is 10.6 Å². The predicted molar refractivity (Wildman–Crippen MR) is 90.0 cm³/mol. The van der Waals surface area contributed by atoms with Crippen molar-refractivity contribution in [3.8, 4) is 0 Å². The van der Waals surface area contributed by atoms with E-state index in [1.165, 1.54) is 18.9 Å². The Balaban J connectivity index is 0.00000147. The molecule has 1 aromatic carbocycles. The third kappa shape index (κ3) is 3.07. The molecule has 0 unspecified atom stereocenters. The zero-order chi connectivity index (χ0) is 13.5. The van der Waals surface area contributed by atoms with E-state index < -0.39 is 0 Å². The molecule has 0 aromatic heterocycles. The van der Waals surface area contributed by atoms with Crippen LogP contribution in [0.15, 0.2) is 29.3 Å². The third-order valence-corrected chi connectivity index (χ3v) is 4.30. The van der Waals surface area contributed by atoms with Crippen LogP contribution in [0.3, 0.4) is 0 Å². The van der Waals surface area contributed by atoms with Crippen LogP contribution < -0.4 is 5.73 Å². The molecule has 0 atom stereocenters. The van der Waals surface area contributed by atoms with Crippen LogP contribution >= 0.6 is 24.0 Å². The lowest BCUT2D eigenvalue weighted by molar-refractivity contribution is 0.484. The van der Waals surface area contributed by atoms with Gasteiger partial charge in [0.05, 0.1) is 6.54 Å². The van der Waals surface area contributed by atoms with Gasteiger partial charge in [-0.1, -0.05) is 18.2 Å². The van der Waals surface area contributed by atoms with E-state index in [1.807, 2.05) is 24.1 Å². The molecule has 0 heterocycles. The fourth-order valence-electron chi connectivity index (χ4n) is 2.55. The van der Waals surface area contributed by atoms with Crippen LogP contribution in [0.1, 0.15) is 31.2 Å². The number of rotatable bonds is 4. The smallest absolute Gasteiger partial charge is 0.191 e. The van der Waals surface area contributed by atoms with Gasteiger partial charge in [0.15, 0.2) is 5.96 Å². The van der Waals surface area contributed by atoms with Crippen molar-refractivity contribution in [3.63, 3.8) is 0 Å². The Labute approximate surface area is 136 Å². The first-order chi connectivity index (χ1) is 9.12. The molecule has 20 heavy (non-hydrogen) atoms. The zero-order valence-electron chi connectivity index (χ0n) is 11.7. The molecule has 110 valence electrons. The number of hydrogen-bond acceptors (Lipinski definition) is 1. The van der Waals surface area contributed by atoms with Crippen molar-refractivity contribution in [1.82, 2.24) is 4.90 Å². The number of nitrogens with two attached hydrogens (primary N) is 1. The molecule has 2 N–H and O–H groups in total. The van der Waals surface area contributed by atoms with Crippen LogP contribution in [-0.4, -0.2) is 30.5 Å². The summed E-state index contributed by atoms with van der Waals surface area (Å²) < 4.78 is 13.9. The predicted octanol–water partition coefficient (Wildman–Crippen LogP) is 2.88. The maximum Gasteiger partial charge on any atom is 0.191 e. The Hall–Kier alpha value is -0.850. The van der Waals surface area contributed by atoms with Gasteiger partial charge in [-0.25, -0.2) is 4.39 Å². The average molecular weight is 389 g/mol. The molecule has 3 nitrogen and oxygen atoms in total. The van der Waals surface area contributed by atoms with E-state index in [0.717, 1.165) is 18.4 Å². The first kappa shape index (κ1) is 15.5. The van der Waals surface area contributed by atoms with Crippen LogP contribution in [0, 0.1) is 5.82 Å². The first-order valence-electron chi connectivity index (χ1n) is 6.90. The summed E-state index contributed by atoms with van der Waals surface area (Å²) in [5.41, 5.74) is 6.67. The van der Waals surface area contributed by atoms with Crippen LogP contribution in [0.5, 0.6) is 0 Å². The highest BCUT2D eigenvalue weighted by atomic mass is 127. The van der Waals surface area contributed by atoms with E-state index in [1.54, 1.807) is 6.07 Å². The Kier molecular flexibility index (Phi) is 4.56. The molecule has 1 aromatic rings. The van der Waals surface area contributed by atoms with Crippen molar-refractivity contribution in [2.75, 3.05) is 13.6 Å². The normalized spacial score (nSPS) is 20.2. The fourth-order valence-corrected chi connectivity index (χ4v) is 2.55. The molecular weight excluding hydrogens is 368 g/mol. The highest BCUT2D eigenvalue weighted by molar-refractivity contribution is 14.0. The number of benzene rings is 1. The van der Waals surface area contributed by atoms with Gasteiger partial charge in [0.1, 0.15) is 5.82 Å². The third-order valence-electron chi connectivity index (χ3n) is 4.30. The van der Waals surface area contributed by atoms with Crippen LogP contribution in [0.2, 0.25) is 0 Å². The van der Waals surface area contributed by atoms with Gasteiger partial charge in [0.25, 0.3) is 0 Å². The molecule has 0 saturated heterocycles. The van der Waals surface area contributed by atoms with E-state index in [4.69, 9.17) is 5.73 Å². The number of hydrogen-bond donors (Lipinski definition) is 1. The van der Waals surface area contributed by atoms with Gasteiger partial charge in [0, 0.05) is 18.5 Å². The summed E-state index contributed by atoms with van der Waals surface area (Å²) in [7, 11) is 1.99. The maximum atomic E-state index is 13.9. The molecule has 2 aliphatic carbocycles. The van der Waals surface area contributed by atoms with Crippen molar-refractivity contribution in [3.05, 3.63) is 35.6 Å². The molecule has 2 aliphatic rings. The van der Waals surface area contributed by atoms with Crippen molar-refractivity contribution in [2.24, 2.45) is 10.7 Å². The second kappa shape index (κ2) is 5.87. The molecule has 0 radical (unpaired) electrons. The molecule has 0 bridgehead atoms. The number of nitrogens with zero attached hydrogens (tertiary/aromatic N) is 2. The highest BCUT2D eigenvalue weighted by Crippen LogP contribution is 2.49. The van der Waals surface area contributed by atoms with E-state index in [0.29, 0.717) is 18.5 Å². The monoisotopic (exact) mass is 389 g/mol. The maximum absolute atomic E-state index is 13.9. The lowest BCUT2D eigenvalue weighted by Gasteiger charge is -2.19. The van der Waals surface area contributed by atoms with Crippen molar-refractivity contribution in [2.45, 2.75) is 37.1 Å². The molecule has 0 amide bonds. The van der Waals surface area contributed by atoms with Gasteiger partial charge in [-0.15, -0.1) is 24.0 Å². The summed E-state index contributed by atoms with van der Waals surface area (Å²) in [6, 6.07) is 7.58. The highest BCUT2D eigenvalue weighted by Gasteiger charge is 2.45. The second-order valence-electron chi connectivity index (χ2n) is 5.78. The van der Waals surface area contributed by atoms with E-state index in [9.17, 15) is 4.39 Å². The van der Waals surface area contributed by atoms with Gasteiger partial charge in [-0.05, 0) is 37.3 Å². The molecule has 2 saturated carbocycles. The van der Waals surface area contributed by atoms with Gasteiger partial charge >= 0.3 is 0 Å². The minimum atomic E-state index is -0.121. The van der Waals surface area contributed by atoms with E-state index >= 15 is 0 Å². The molecule has 0 spiro atoms. The molecular formula is C15H21FIN3. The van der Waals surface area contributed by atoms with Crippen molar-refractivity contribution < 1.29 is 4.39 Å². The Morgan fingerprint density at radius 3 is 2.60 bits per heavy atom. The summed E-state index contributed by atoms with van der Waals surface area (Å²) in [5, 5.41) is 0. The topological polar surface area (TPSA) is 41.6 Å². The minimum Gasteiger partial charge on any atom is -0.370 e. The lowest BCUT2D eigenvalue weighted by Crippen LogP contribution is -2.36. The SMILES string of the molecule is CN(C(N)=NCC1(c2ccccc2F)CC1)C1CC1.I. The van der Waals surface area contributed by atoms with Crippen LogP contribution in [0.4, 0.5) is 4.39 Å². The van der Waals surface area contributed by atoms with E-state index in [-0.39, 0.29) is 35.2 Å². The number of aliphatic imine (C=N–C) groups is 1. The summed E-state index contributed by atoms with van der Waals surface area (Å²) in [6.07, 6.45) is 4.39. The number of halogens is 2. The Bertz CT molecular complexity index is 510. The summed E-state index contributed by atoms with van der Waals surface area (Å²) in [5.74, 6) is 0.467. The van der Waals surface area contributed by atoms with Crippen LogP contribution in [0.25, 0.3) is 0 Å². The summed E-state index contributed by atoms with van der Waals surface area (Å²) >= 11 is 0. The summed E-state index contributed by atoms with van der Waals surface area (Å²) in [6.45, 7) is 0.594.